The summed E-state index contributed by atoms with van der Waals surface area (Å²) in [6.07, 6.45) is 32.9. The number of unbranched alkanes of at least 4 members (excludes halogenated alkanes) is 16. The molecule has 1 heterocycles. The zero-order valence-electron chi connectivity index (χ0n) is 21.0. The van der Waals surface area contributed by atoms with Gasteiger partial charge in [-0.25, -0.2) is 9.55 Å². The topological polar surface area (TPSA) is 19.7 Å². The minimum absolute atomic E-state index is 0.731. The zero-order valence-corrected chi connectivity index (χ0v) is 21.0. The number of rotatable bonds is 22. The fraction of sp³-hybridized carbons (Fsp3) is 0.893. The number of aromatic amines is 1. The van der Waals surface area contributed by atoms with Crippen molar-refractivity contribution in [1.29, 1.82) is 0 Å². The maximum atomic E-state index is 3.56. The van der Waals surface area contributed by atoms with Crippen molar-refractivity contribution in [1.82, 2.24) is 4.98 Å². The van der Waals surface area contributed by atoms with Crippen molar-refractivity contribution in [3.05, 3.63) is 18.2 Å². The van der Waals surface area contributed by atoms with E-state index in [1.165, 1.54) is 134 Å². The van der Waals surface area contributed by atoms with Crippen molar-refractivity contribution >= 4 is 0 Å². The van der Waals surface area contributed by atoms with Gasteiger partial charge in [0.1, 0.15) is 12.4 Å². The fourth-order valence-corrected chi connectivity index (χ4v) is 4.82. The van der Waals surface area contributed by atoms with Gasteiger partial charge in [0.2, 0.25) is 0 Å². The zero-order chi connectivity index (χ0) is 21.7. The fourth-order valence-electron chi connectivity index (χ4n) is 4.82. The molecular formula is C28H55N2+. The maximum absolute atomic E-state index is 3.56. The van der Waals surface area contributed by atoms with E-state index in [2.05, 4.69) is 42.7 Å². The Labute approximate surface area is 189 Å². The third kappa shape index (κ3) is 13.5. The Bertz CT molecular complexity index is 465. The second-order valence-electron chi connectivity index (χ2n) is 9.56. The summed E-state index contributed by atoms with van der Waals surface area (Å²) in [5.74, 6) is 2.21. The molecule has 1 atom stereocenters. The lowest BCUT2D eigenvalue weighted by atomic mass is 9.93. The van der Waals surface area contributed by atoms with E-state index >= 15 is 0 Å². The van der Waals surface area contributed by atoms with Crippen LogP contribution in [-0.2, 0) is 6.54 Å². The Morgan fingerprint density at radius 3 is 1.43 bits per heavy atom. The number of aryl methyl sites for hydroxylation is 1. The van der Waals surface area contributed by atoms with Crippen molar-refractivity contribution in [2.75, 3.05) is 0 Å². The first-order valence-corrected chi connectivity index (χ1v) is 13.9. The van der Waals surface area contributed by atoms with Crippen molar-refractivity contribution < 1.29 is 4.57 Å². The van der Waals surface area contributed by atoms with Gasteiger partial charge in [-0.15, -0.1) is 0 Å². The molecule has 1 aromatic heterocycles. The highest BCUT2D eigenvalue weighted by atomic mass is 15.1. The first-order chi connectivity index (χ1) is 14.8. The third-order valence-corrected chi connectivity index (χ3v) is 6.83. The van der Waals surface area contributed by atoms with Crippen LogP contribution in [0.25, 0.3) is 0 Å². The van der Waals surface area contributed by atoms with Crippen molar-refractivity contribution in [2.45, 2.75) is 162 Å². The minimum Gasteiger partial charge on any atom is -0.247 e. The second kappa shape index (κ2) is 20.1. The summed E-state index contributed by atoms with van der Waals surface area (Å²) in [5.41, 5.74) is 0. The lowest BCUT2D eigenvalue weighted by Crippen LogP contribution is -2.36. The van der Waals surface area contributed by atoms with Gasteiger partial charge in [0.05, 0.1) is 12.5 Å². The molecule has 30 heavy (non-hydrogen) atoms. The van der Waals surface area contributed by atoms with E-state index in [-0.39, 0.29) is 0 Å². The van der Waals surface area contributed by atoms with Gasteiger partial charge in [-0.05, 0) is 19.8 Å². The summed E-state index contributed by atoms with van der Waals surface area (Å²) < 4.78 is 2.42. The summed E-state index contributed by atoms with van der Waals surface area (Å²) in [6, 6.07) is 0. The number of hydrogen-bond donors (Lipinski definition) is 1. The first-order valence-electron chi connectivity index (χ1n) is 13.9. The molecule has 0 radical (unpaired) electrons. The predicted octanol–water partition coefficient (Wildman–Crippen LogP) is 9.25. The largest absolute Gasteiger partial charge is 0.257 e. The molecule has 0 unspecified atom stereocenters. The van der Waals surface area contributed by atoms with Crippen molar-refractivity contribution in [3.63, 3.8) is 0 Å². The van der Waals surface area contributed by atoms with Gasteiger partial charge in [-0.1, -0.05) is 129 Å². The molecule has 176 valence electrons. The summed E-state index contributed by atoms with van der Waals surface area (Å²) in [4.78, 5) is 3.56. The molecule has 0 aromatic carbocycles. The molecule has 0 amide bonds. The molecule has 0 bridgehead atoms. The lowest BCUT2D eigenvalue weighted by molar-refractivity contribution is -0.701. The molecular weight excluding hydrogens is 364 g/mol. The molecule has 1 aromatic rings. The molecule has 0 aliphatic heterocycles. The van der Waals surface area contributed by atoms with E-state index in [0.717, 1.165) is 12.5 Å². The van der Waals surface area contributed by atoms with E-state index in [9.17, 15) is 0 Å². The summed E-state index contributed by atoms with van der Waals surface area (Å²) in [7, 11) is 0. The van der Waals surface area contributed by atoms with Crippen molar-refractivity contribution in [2.24, 2.45) is 0 Å². The lowest BCUT2D eigenvalue weighted by Gasteiger charge is -2.13. The van der Waals surface area contributed by atoms with Gasteiger partial charge in [0.15, 0.2) is 0 Å². The smallest absolute Gasteiger partial charge is 0.247 e. The molecule has 2 heteroatoms. The van der Waals surface area contributed by atoms with Crippen LogP contribution in [0.3, 0.4) is 0 Å². The van der Waals surface area contributed by atoms with Gasteiger partial charge in [-0.3, -0.25) is 0 Å². The van der Waals surface area contributed by atoms with Crippen LogP contribution in [0.4, 0.5) is 0 Å². The van der Waals surface area contributed by atoms with Crippen molar-refractivity contribution in [3.8, 4) is 0 Å². The summed E-state index contributed by atoms with van der Waals surface area (Å²) in [6.45, 7) is 7.96. The Morgan fingerprint density at radius 2 is 1.00 bits per heavy atom. The highest BCUT2D eigenvalue weighted by Gasteiger charge is 2.21. The van der Waals surface area contributed by atoms with Crippen LogP contribution in [0.2, 0.25) is 0 Å². The molecule has 1 rings (SSSR count). The number of nitrogens with zero attached hydrogens (tertiary/aromatic N) is 1. The minimum atomic E-state index is 0.731. The normalized spacial score (nSPS) is 12.5. The molecule has 0 aliphatic rings. The Kier molecular flexibility index (Phi) is 18.3. The average molecular weight is 420 g/mol. The summed E-state index contributed by atoms with van der Waals surface area (Å²) in [5, 5.41) is 0. The van der Waals surface area contributed by atoms with Crippen LogP contribution >= 0.6 is 0 Å². The van der Waals surface area contributed by atoms with Crippen LogP contribution in [-0.4, -0.2) is 4.98 Å². The Balaban J connectivity index is 2.07. The molecule has 0 aliphatic carbocycles. The monoisotopic (exact) mass is 419 g/mol. The van der Waals surface area contributed by atoms with Gasteiger partial charge < -0.3 is 0 Å². The van der Waals surface area contributed by atoms with Gasteiger partial charge in [0.25, 0.3) is 5.82 Å². The van der Waals surface area contributed by atoms with E-state index in [1.807, 2.05) is 0 Å². The SMILES string of the molecule is CCCCCCCCCCCCCCCC[C@H](CCCCCC)c1[nH]cc[n+]1CC. The standard InChI is InChI=1S/C28H54N2/c1-4-7-9-11-12-13-14-15-16-17-18-19-20-22-24-27(23-21-10-8-5-2)28-29-25-26-30(28)6-3/h25-27H,4-24H2,1-3H3/p+1/t27-/m0/s1. The third-order valence-electron chi connectivity index (χ3n) is 6.83. The van der Waals surface area contributed by atoms with Gasteiger partial charge >= 0.3 is 0 Å². The number of imidazole rings is 1. The van der Waals surface area contributed by atoms with E-state index in [4.69, 9.17) is 0 Å². The average Bonchev–Trinajstić information content (AvgIpc) is 3.24. The Hall–Kier alpha value is -0.790. The number of hydrogen-bond acceptors (Lipinski definition) is 0. The number of aromatic nitrogens is 2. The van der Waals surface area contributed by atoms with Crippen LogP contribution < -0.4 is 4.57 Å². The summed E-state index contributed by atoms with van der Waals surface area (Å²) >= 11 is 0. The van der Waals surface area contributed by atoms with Gasteiger partial charge in [0, 0.05) is 0 Å². The molecule has 2 nitrogen and oxygen atoms in total. The van der Waals surface area contributed by atoms with E-state index < -0.39 is 0 Å². The quantitative estimate of drug-likeness (QED) is 0.143. The first kappa shape index (κ1) is 27.2. The highest BCUT2D eigenvalue weighted by molar-refractivity contribution is 4.89. The van der Waals surface area contributed by atoms with Crippen LogP contribution in [0.15, 0.2) is 12.4 Å². The van der Waals surface area contributed by atoms with Crippen LogP contribution in [0, 0.1) is 0 Å². The number of nitrogens with one attached hydrogen (secondary N) is 1. The highest BCUT2D eigenvalue weighted by Crippen LogP contribution is 2.26. The van der Waals surface area contributed by atoms with Gasteiger partial charge in [-0.2, -0.15) is 0 Å². The van der Waals surface area contributed by atoms with Crippen LogP contribution in [0.5, 0.6) is 0 Å². The predicted molar refractivity (Wildman–Crippen MR) is 133 cm³/mol. The Morgan fingerprint density at radius 1 is 0.600 bits per heavy atom. The molecule has 1 N–H and O–H groups in total. The van der Waals surface area contributed by atoms with Crippen LogP contribution in [0.1, 0.15) is 161 Å². The second-order valence-corrected chi connectivity index (χ2v) is 9.56. The van der Waals surface area contributed by atoms with E-state index in [1.54, 1.807) is 0 Å². The molecule has 0 saturated carbocycles. The maximum Gasteiger partial charge on any atom is 0.257 e. The molecule has 0 fully saturated rings. The molecule has 0 saturated heterocycles. The molecule has 0 spiro atoms. The number of H-pyrrole nitrogens is 1. The van der Waals surface area contributed by atoms with E-state index in [0.29, 0.717) is 0 Å².